The van der Waals surface area contributed by atoms with Gasteiger partial charge in [0.1, 0.15) is 0 Å². The van der Waals surface area contributed by atoms with E-state index >= 15 is 0 Å². The van der Waals surface area contributed by atoms with Gasteiger partial charge in [-0.1, -0.05) is 36.4 Å². The third-order valence-electron chi connectivity index (χ3n) is 3.65. The Hall–Kier alpha value is 0.140. The van der Waals surface area contributed by atoms with Gasteiger partial charge in [-0.15, -0.1) is 0 Å². The number of nitrogens with one attached hydrogen (secondary N) is 1. The highest BCUT2D eigenvalue weighted by Crippen LogP contribution is 2.45. The van der Waals surface area contributed by atoms with Gasteiger partial charge in [-0.3, -0.25) is 0 Å². The van der Waals surface area contributed by atoms with Gasteiger partial charge in [-0.2, -0.15) is 0 Å². The minimum atomic E-state index is 0.290. The van der Waals surface area contributed by atoms with Crippen molar-refractivity contribution in [3.05, 3.63) is 11.1 Å². The molecular formula is C12H22BrNO. The molecule has 0 saturated heterocycles. The van der Waals surface area contributed by atoms with Gasteiger partial charge in [-0.25, -0.2) is 0 Å². The molecule has 0 amide bonds. The highest BCUT2D eigenvalue weighted by molar-refractivity contribution is 9.11. The van der Waals surface area contributed by atoms with Crippen molar-refractivity contribution in [2.75, 3.05) is 13.2 Å². The molecule has 0 spiro atoms. The zero-order valence-electron chi connectivity index (χ0n) is 9.98. The summed E-state index contributed by atoms with van der Waals surface area (Å²) in [5.41, 5.74) is 0.290. The van der Waals surface area contributed by atoms with E-state index in [1.807, 2.05) is 0 Å². The van der Waals surface area contributed by atoms with Gasteiger partial charge in [0.2, 0.25) is 0 Å². The molecule has 0 bridgehead atoms. The van der Waals surface area contributed by atoms with Crippen molar-refractivity contribution in [2.45, 2.75) is 45.8 Å². The lowest BCUT2D eigenvalue weighted by Gasteiger charge is -2.53. The predicted octanol–water partition coefficient (Wildman–Crippen LogP) is 3.08. The van der Waals surface area contributed by atoms with E-state index in [-0.39, 0.29) is 0 Å². The maximum Gasteiger partial charge on any atom is 0.0658 e. The molecule has 1 rings (SSSR count). The van der Waals surface area contributed by atoms with Crippen LogP contribution in [0.15, 0.2) is 11.1 Å². The van der Waals surface area contributed by atoms with E-state index in [9.17, 15) is 0 Å². The van der Waals surface area contributed by atoms with Crippen LogP contribution in [-0.4, -0.2) is 25.3 Å². The Morgan fingerprint density at radius 2 is 2.27 bits per heavy atom. The highest BCUT2D eigenvalue weighted by atomic mass is 79.9. The van der Waals surface area contributed by atoms with Crippen LogP contribution < -0.4 is 5.32 Å². The van der Waals surface area contributed by atoms with Crippen molar-refractivity contribution in [3.8, 4) is 0 Å². The molecule has 1 aliphatic carbocycles. The van der Waals surface area contributed by atoms with E-state index < -0.39 is 0 Å². The van der Waals surface area contributed by atoms with Gasteiger partial charge in [0.05, 0.1) is 6.10 Å². The lowest BCUT2D eigenvalue weighted by Crippen LogP contribution is -2.62. The lowest BCUT2D eigenvalue weighted by atomic mass is 9.61. The zero-order valence-corrected chi connectivity index (χ0v) is 11.6. The molecule has 0 aromatic rings. The molecule has 3 heteroatoms. The first-order valence-electron chi connectivity index (χ1n) is 5.72. The summed E-state index contributed by atoms with van der Waals surface area (Å²) >= 11 is 3.37. The number of hydrogen-bond donors (Lipinski definition) is 1. The fourth-order valence-electron chi connectivity index (χ4n) is 2.30. The summed E-state index contributed by atoms with van der Waals surface area (Å²) in [5.74, 6) is 0. The Bertz CT molecular complexity index is 232. The third kappa shape index (κ3) is 2.83. The smallest absolute Gasteiger partial charge is 0.0658 e. The van der Waals surface area contributed by atoms with Crippen molar-refractivity contribution < 1.29 is 4.74 Å². The largest absolute Gasteiger partial charge is 0.378 e. The number of hydrogen-bond acceptors (Lipinski definition) is 2. The normalized spacial score (nSPS) is 34.9. The van der Waals surface area contributed by atoms with Gasteiger partial charge < -0.3 is 10.1 Å². The van der Waals surface area contributed by atoms with Gasteiger partial charge in [0, 0.05) is 29.1 Å². The van der Waals surface area contributed by atoms with Crippen LogP contribution in [0.3, 0.4) is 0 Å². The molecule has 0 radical (unpaired) electrons. The Morgan fingerprint density at radius 3 is 2.73 bits per heavy atom. The number of ether oxygens (including phenoxy) is 1. The Labute approximate surface area is 102 Å². The van der Waals surface area contributed by atoms with Crippen molar-refractivity contribution in [3.63, 3.8) is 0 Å². The van der Waals surface area contributed by atoms with Crippen LogP contribution in [0.4, 0.5) is 0 Å². The van der Waals surface area contributed by atoms with Crippen molar-refractivity contribution >= 4 is 15.9 Å². The van der Waals surface area contributed by atoms with Crippen LogP contribution in [0.5, 0.6) is 0 Å². The minimum Gasteiger partial charge on any atom is -0.378 e. The van der Waals surface area contributed by atoms with Gasteiger partial charge in [0.25, 0.3) is 0 Å². The predicted molar refractivity (Wildman–Crippen MR) is 68.3 cm³/mol. The minimum absolute atomic E-state index is 0.290. The number of halogens is 1. The molecule has 15 heavy (non-hydrogen) atoms. The van der Waals surface area contributed by atoms with Gasteiger partial charge >= 0.3 is 0 Å². The van der Waals surface area contributed by atoms with E-state index in [2.05, 4.69) is 48.6 Å². The van der Waals surface area contributed by atoms with E-state index in [1.165, 1.54) is 0 Å². The standard InChI is InChI=1S/C12H22BrNO/c1-5-12(4)10(14-8-9(3)13)7-11(12)15-6-2/h10-11,14H,3,5-8H2,1-2,4H3. The van der Waals surface area contributed by atoms with E-state index in [1.54, 1.807) is 0 Å². The molecule has 88 valence electrons. The molecule has 1 aliphatic rings. The second kappa shape index (κ2) is 5.46. The molecular weight excluding hydrogens is 254 g/mol. The zero-order chi connectivity index (χ0) is 11.5. The SMILES string of the molecule is C=C(Br)CNC1CC(OCC)C1(C)CC. The summed E-state index contributed by atoms with van der Waals surface area (Å²) in [5, 5.41) is 3.52. The van der Waals surface area contributed by atoms with Crippen LogP contribution in [0.25, 0.3) is 0 Å². The van der Waals surface area contributed by atoms with Crippen molar-refractivity contribution in [1.29, 1.82) is 0 Å². The molecule has 1 fully saturated rings. The van der Waals surface area contributed by atoms with Gasteiger partial charge in [-0.05, 0) is 19.8 Å². The van der Waals surface area contributed by atoms with Crippen LogP contribution in [0.1, 0.15) is 33.6 Å². The summed E-state index contributed by atoms with van der Waals surface area (Å²) in [6.07, 6.45) is 2.70. The fourth-order valence-corrected chi connectivity index (χ4v) is 2.46. The molecule has 1 N–H and O–H groups in total. The van der Waals surface area contributed by atoms with Gasteiger partial charge in [0.15, 0.2) is 0 Å². The van der Waals surface area contributed by atoms with Crippen molar-refractivity contribution in [2.24, 2.45) is 5.41 Å². The van der Waals surface area contributed by atoms with Crippen molar-refractivity contribution in [1.82, 2.24) is 5.32 Å². The lowest BCUT2D eigenvalue weighted by molar-refractivity contribution is -0.124. The molecule has 1 saturated carbocycles. The maximum absolute atomic E-state index is 5.75. The first-order chi connectivity index (χ1) is 7.04. The second-order valence-electron chi connectivity index (χ2n) is 4.49. The maximum atomic E-state index is 5.75. The monoisotopic (exact) mass is 275 g/mol. The molecule has 0 heterocycles. The quantitative estimate of drug-likeness (QED) is 0.805. The van der Waals surface area contributed by atoms with Crippen LogP contribution in [-0.2, 0) is 4.74 Å². The summed E-state index contributed by atoms with van der Waals surface area (Å²) in [6, 6.07) is 0.563. The van der Waals surface area contributed by atoms with Crippen LogP contribution >= 0.6 is 15.9 Å². The van der Waals surface area contributed by atoms with E-state index in [0.29, 0.717) is 17.6 Å². The second-order valence-corrected chi connectivity index (χ2v) is 5.61. The first-order valence-corrected chi connectivity index (χ1v) is 6.52. The molecule has 3 atom stereocenters. The Morgan fingerprint density at radius 1 is 1.60 bits per heavy atom. The number of rotatable bonds is 6. The summed E-state index contributed by atoms with van der Waals surface area (Å²) < 4.78 is 6.76. The summed E-state index contributed by atoms with van der Waals surface area (Å²) in [4.78, 5) is 0. The topological polar surface area (TPSA) is 21.3 Å². The first kappa shape index (κ1) is 13.2. The van der Waals surface area contributed by atoms with E-state index in [4.69, 9.17) is 4.74 Å². The average Bonchev–Trinajstić information content (AvgIpc) is 2.20. The molecule has 0 aromatic heterocycles. The molecule has 0 aromatic carbocycles. The Balaban J connectivity index is 2.45. The summed E-state index contributed by atoms with van der Waals surface area (Å²) in [7, 11) is 0. The molecule has 3 unspecified atom stereocenters. The van der Waals surface area contributed by atoms with Crippen LogP contribution in [0.2, 0.25) is 0 Å². The fraction of sp³-hybridized carbons (Fsp3) is 0.833. The molecule has 0 aliphatic heterocycles. The summed E-state index contributed by atoms with van der Waals surface area (Å²) in [6.45, 7) is 12.1. The molecule has 2 nitrogen and oxygen atoms in total. The third-order valence-corrected chi connectivity index (χ3v) is 3.93. The average molecular weight is 276 g/mol. The van der Waals surface area contributed by atoms with E-state index in [0.717, 1.165) is 30.5 Å². The Kier molecular flexibility index (Phi) is 4.81. The van der Waals surface area contributed by atoms with Crippen LogP contribution in [0, 0.1) is 5.41 Å². The highest BCUT2D eigenvalue weighted by Gasteiger charge is 2.50.